The molecule has 6 nitrogen and oxygen atoms in total. The van der Waals surface area contributed by atoms with Gasteiger partial charge in [-0.2, -0.15) is 0 Å². The topological polar surface area (TPSA) is 107 Å². The molecule has 0 amide bonds. The van der Waals surface area contributed by atoms with E-state index in [0.717, 1.165) is 0 Å². The second-order valence-corrected chi connectivity index (χ2v) is 2.53. The molecule has 17 heavy (non-hydrogen) atoms. The van der Waals surface area contributed by atoms with E-state index in [1.807, 2.05) is 0 Å². The van der Waals surface area contributed by atoms with Gasteiger partial charge in [0.25, 0.3) is 0 Å². The molecule has 0 aliphatic rings. The predicted octanol–water partition coefficient (Wildman–Crippen LogP) is -0.716. The molecule has 0 radical (unpaired) electrons. The largest absolute Gasteiger partial charge is 2.00 e. The van der Waals surface area contributed by atoms with Crippen LogP contribution in [-0.2, 0) is 19.5 Å². The molecule has 2 heterocycles. The molecular formula is C10H6O6Zn. The van der Waals surface area contributed by atoms with Crippen LogP contribution in [0.5, 0.6) is 0 Å². The van der Waals surface area contributed by atoms with E-state index in [1.165, 1.54) is 36.8 Å². The number of aromatic carboxylic acids is 2. The van der Waals surface area contributed by atoms with E-state index < -0.39 is 11.9 Å². The van der Waals surface area contributed by atoms with Crippen LogP contribution in [0.25, 0.3) is 0 Å². The summed E-state index contributed by atoms with van der Waals surface area (Å²) in [5.41, 5.74) is 0. The van der Waals surface area contributed by atoms with E-state index in [-0.39, 0.29) is 31.0 Å². The molecule has 0 bridgehead atoms. The van der Waals surface area contributed by atoms with Gasteiger partial charge in [0.2, 0.25) is 0 Å². The molecule has 0 N–H and O–H groups in total. The molecule has 2 aromatic rings. The number of carboxylic acids is 2. The van der Waals surface area contributed by atoms with E-state index in [0.29, 0.717) is 0 Å². The fourth-order valence-corrected chi connectivity index (χ4v) is 0.789. The van der Waals surface area contributed by atoms with Gasteiger partial charge in [0.1, 0.15) is 23.5 Å². The van der Waals surface area contributed by atoms with Crippen molar-refractivity contribution in [3.05, 3.63) is 48.3 Å². The van der Waals surface area contributed by atoms with E-state index in [2.05, 4.69) is 8.83 Å². The van der Waals surface area contributed by atoms with Crippen LogP contribution in [0.2, 0.25) is 0 Å². The van der Waals surface area contributed by atoms with Crippen LogP contribution >= 0.6 is 0 Å². The fourth-order valence-electron chi connectivity index (χ4n) is 0.789. The monoisotopic (exact) mass is 286 g/mol. The van der Waals surface area contributed by atoms with Gasteiger partial charge in [-0.15, -0.1) is 0 Å². The Labute approximate surface area is 109 Å². The second kappa shape index (κ2) is 7.41. The molecule has 0 aliphatic carbocycles. The zero-order valence-electron chi connectivity index (χ0n) is 8.62. The van der Waals surface area contributed by atoms with Crippen LogP contribution in [0.3, 0.4) is 0 Å². The molecule has 0 saturated carbocycles. The molecule has 0 spiro atoms. The Hall–Kier alpha value is -1.88. The van der Waals surface area contributed by atoms with Crippen molar-refractivity contribution in [3.63, 3.8) is 0 Å². The Morgan fingerprint density at radius 2 is 1.24 bits per heavy atom. The number of hydrogen-bond acceptors (Lipinski definition) is 6. The maximum atomic E-state index is 9.86. The van der Waals surface area contributed by atoms with Crippen molar-refractivity contribution < 1.29 is 48.1 Å². The number of rotatable bonds is 2. The van der Waals surface area contributed by atoms with Crippen LogP contribution in [-0.4, -0.2) is 11.9 Å². The summed E-state index contributed by atoms with van der Waals surface area (Å²) < 4.78 is 8.87. The summed E-state index contributed by atoms with van der Waals surface area (Å²) in [6, 6.07) is 5.64. The molecular weight excluding hydrogens is 281 g/mol. The quantitative estimate of drug-likeness (QED) is 0.675. The van der Waals surface area contributed by atoms with E-state index >= 15 is 0 Å². The van der Waals surface area contributed by atoms with E-state index in [1.54, 1.807) is 0 Å². The summed E-state index contributed by atoms with van der Waals surface area (Å²) in [6.45, 7) is 0. The molecule has 84 valence electrons. The molecule has 7 heteroatoms. The zero-order valence-corrected chi connectivity index (χ0v) is 11.6. The molecule has 0 saturated heterocycles. The third-order valence-corrected chi connectivity index (χ3v) is 1.44. The minimum absolute atomic E-state index is 0. The maximum absolute atomic E-state index is 9.86. The minimum atomic E-state index is -1.28. The van der Waals surface area contributed by atoms with Gasteiger partial charge in [-0.3, -0.25) is 0 Å². The number of carbonyl (C=O) groups is 2. The first-order valence-electron chi connectivity index (χ1n) is 4.11. The van der Waals surface area contributed by atoms with Gasteiger partial charge in [-0.25, -0.2) is 0 Å². The van der Waals surface area contributed by atoms with Crippen LogP contribution in [0.1, 0.15) is 21.1 Å². The van der Waals surface area contributed by atoms with Crippen LogP contribution in [0.15, 0.2) is 45.6 Å². The molecule has 0 fully saturated rings. The standard InChI is InChI=1S/2C5H4O3.Zn/c2*6-5(7)4-2-1-3-8-4;/h2*1-3H,(H,6,7);/q;;+2/p-2. The van der Waals surface area contributed by atoms with Gasteiger partial charge in [-0.05, 0) is 24.3 Å². The summed E-state index contributed by atoms with van der Waals surface area (Å²) in [6.07, 6.45) is 2.57. The number of furan rings is 2. The van der Waals surface area contributed by atoms with Crippen molar-refractivity contribution in [2.75, 3.05) is 0 Å². The maximum Gasteiger partial charge on any atom is 2.00 e. The molecule has 0 atom stereocenters. The Kier molecular flexibility index (Phi) is 6.59. The summed E-state index contributed by atoms with van der Waals surface area (Å²) in [5, 5.41) is 19.7. The van der Waals surface area contributed by atoms with Crippen molar-refractivity contribution in [2.45, 2.75) is 0 Å². The van der Waals surface area contributed by atoms with Crippen LogP contribution < -0.4 is 10.2 Å². The van der Waals surface area contributed by atoms with Crippen molar-refractivity contribution in [1.82, 2.24) is 0 Å². The van der Waals surface area contributed by atoms with Crippen molar-refractivity contribution >= 4 is 11.9 Å². The number of hydrogen-bond donors (Lipinski definition) is 0. The summed E-state index contributed by atoms with van der Waals surface area (Å²) in [5.74, 6) is -2.83. The van der Waals surface area contributed by atoms with Crippen LogP contribution in [0, 0.1) is 0 Å². The van der Waals surface area contributed by atoms with Gasteiger partial charge in [0, 0.05) is 0 Å². The average molecular weight is 288 g/mol. The first-order valence-corrected chi connectivity index (χ1v) is 4.11. The molecule has 0 unspecified atom stereocenters. The molecule has 0 aliphatic heterocycles. The van der Waals surface area contributed by atoms with Crippen LogP contribution in [0.4, 0.5) is 0 Å². The Morgan fingerprint density at radius 3 is 1.35 bits per heavy atom. The van der Waals surface area contributed by atoms with Gasteiger partial charge >= 0.3 is 19.5 Å². The zero-order chi connectivity index (χ0) is 12.0. The summed E-state index contributed by atoms with van der Waals surface area (Å²) in [4.78, 5) is 19.7. The van der Waals surface area contributed by atoms with Gasteiger partial charge in [0.05, 0.1) is 12.5 Å². The van der Waals surface area contributed by atoms with Crippen molar-refractivity contribution in [3.8, 4) is 0 Å². The smallest absolute Gasteiger partial charge is 0.542 e. The molecule has 2 rings (SSSR count). The second-order valence-electron chi connectivity index (χ2n) is 2.53. The van der Waals surface area contributed by atoms with Crippen molar-refractivity contribution in [2.24, 2.45) is 0 Å². The van der Waals surface area contributed by atoms with Crippen molar-refractivity contribution in [1.29, 1.82) is 0 Å². The molecule has 2 aromatic heterocycles. The SMILES string of the molecule is O=C([O-])c1ccco1.O=C([O-])c1ccco1.[Zn+2]. The van der Waals surface area contributed by atoms with E-state index in [4.69, 9.17) is 0 Å². The third-order valence-electron chi connectivity index (χ3n) is 1.44. The number of carboxylic acid groups (broad SMARTS) is 2. The van der Waals surface area contributed by atoms with Gasteiger partial charge in [-0.1, -0.05) is 0 Å². The first-order chi connectivity index (χ1) is 7.61. The summed E-state index contributed by atoms with van der Waals surface area (Å²) in [7, 11) is 0. The molecule has 0 aromatic carbocycles. The van der Waals surface area contributed by atoms with E-state index in [9.17, 15) is 19.8 Å². The Balaban J connectivity index is 0.000000284. The summed E-state index contributed by atoms with van der Waals surface area (Å²) >= 11 is 0. The number of carbonyl (C=O) groups excluding carboxylic acids is 2. The average Bonchev–Trinajstić information content (AvgIpc) is 2.93. The predicted molar refractivity (Wildman–Crippen MR) is 46.1 cm³/mol. The normalized spacial score (nSPS) is 8.47. The van der Waals surface area contributed by atoms with Gasteiger partial charge in [0.15, 0.2) is 0 Å². The minimum Gasteiger partial charge on any atom is -0.542 e. The van der Waals surface area contributed by atoms with Gasteiger partial charge < -0.3 is 28.6 Å². The third kappa shape index (κ3) is 5.13. The Bertz CT molecular complexity index is 401. The first kappa shape index (κ1) is 15.1. The Morgan fingerprint density at radius 1 is 0.882 bits per heavy atom. The fraction of sp³-hybridized carbons (Fsp3) is 0.